The smallest absolute Gasteiger partial charge is 0.488 e. The number of benzene rings is 6. The van der Waals surface area contributed by atoms with Crippen LogP contribution in [0.3, 0.4) is 0 Å². The number of ether oxygens (including phenoxy) is 1. The number of carbonyl (C=O) groups is 1. The van der Waals surface area contributed by atoms with Crippen molar-refractivity contribution in [2.45, 2.75) is 52.8 Å². The van der Waals surface area contributed by atoms with Crippen molar-refractivity contribution in [2.24, 2.45) is 5.73 Å². The Morgan fingerprint density at radius 2 is 1.08 bits per heavy atom. The molecule has 6 aromatic carbocycles. The van der Waals surface area contributed by atoms with E-state index in [0.29, 0.717) is 18.6 Å². The van der Waals surface area contributed by atoms with Gasteiger partial charge in [-0.25, -0.2) is 4.79 Å². The van der Waals surface area contributed by atoms with E-state index in [4.69, 9.17) is 48.8 Å². The molecule has 0 saturated carbocycles. The second kappa shape index (κ2) is 28.7. The number of hydrogen-bond acceptors (Lipinski definition) is 8. The van der Waals surface area contributed by atoms with Crippen LogP contribution in [0.1, 0.15) is 44.4 Å². The van der Waals surface area contributed by atoms with Crippen LogP contribution in [-0.2, 0) is 24.2 Å². The molecule has 0 saturated heterocycles. The molecule has 0 aromatic heterocycles. The monoisotopic (exact) mass is 940 g/mol. The Balaban J connectivity index is 0.000000412. The molecule has 0 aliphatic heterocycles. The number of nitrogens with one attached hydrogen (secondary N) is 1. The minimum atomic E-state index is -1.51. The van der Waals surface area contributed by atoms with Gasteiger partial charge in [-0.3, -0.25) is 0 Å². The fourth-order valence-corrected chi connectivity index (χ4v) is 5.18. The second-order valence-corrected chi connectivity index (χ2v) is 15.3. The van der Waals surface area contributed by atoms with E-state index in [1.165, 1.54) is 23.8 Å². The summed E-state index contributed by atoms with van der Waals surface area (Å²) in [4.78, 5) is 11.6. The maximum atomic E-state index is 11.6. The molecule has 0 radical (unpaired) electrons. The van der Waals surface area contributed by atoms with Crippen LogP contribution in [0.5, 0.6) is 17.2 Å². The number of alkyl halides is 2. The Morgan fingerprint density at radius 3 is 1.45 bits per heavy atom. The Kier molecular flexibility index (Phi) is 25.5. The summed E-state index contributed by atoms with van der Waals surface area (Å²) in [6, 6.07) is 44.4. The lowest BCUT2D eigenvalue weighted by molar-refractivity contribution is 0.0523. The molecule has 8 N–H and O–H groups in total. The van der Waals surface area contributed by atoms with Gasteiger partial charge < -0.3 is 41.2 Å². The van der Waals surface area contributed by atoms with E-state index in [2.05, 4.69) is 52.4 Å². The van der Waals surface area contributed by atoms with Gasteiger partial charge in [0, 0.05) is 17.6 Å². The summed E-state index contributed by atoms with van der Waals surface area (Å²) >= 11 is 12.9. The molecule has 14 heteroatoms. The highest BCUT2D eigenvalue weighted by atomic mass is 79.9. The Bertz CT molecular complexity index is 2100. The third-order valence-corrected chi connectivity index (χ3v) is 8.36. The molecule has 0 heterocycles. The molecule has 6 aromatic rings. The fourth-order valence-electron chi connectivity index (χ4n) is 4.91. The van der Waals surface area contributed by atoms with Gasteiger partial charge in [0.15, 0.2) is 0 Å². The number of rotatable bonds is 7. The minimum absolute atomic E-state index is 0. The summed E-state index contributed by atoms with van der Waals surface area (Å²) in [7, 11) is -1.51. The number of hydrogen-bond donors (Lipinski definition) is 7. The van der Waals surface area contributed by atoms with Crippen LogP contribution in [0.25, 0.3) is 22.3 Å². The van der Waals surface area contributed by atoms with Gasteiger partial charge in [0.2, 0.25) is 0 Å². The highest BCUT2D eigenvalue weighted by Gasteiger charge is 2.15. The Morgan fingerprint density at radius 1 is 0.667 bits per heavy atom. The quantitative estimate of drug-likeness (QED) is 0.0614. The summed E-state index contributed by atoms with van der Waals surface area (Å²) in [5.41, 5.74) is 12.9. The molecule has 0 aliphatic rings. The fraction of sp³-hybridized carbons (Fsp3) is 0.196. The van der Waals surface area contributed by atoms with Crippen LogP contribution in [0.15, 0.2) is 150 Å². The van der Waals surface area contributed by atoms with E-state index >= 15 is 0 Å². The van der Waals surface area contributed by atoms with E-state index in [1.54, 1.807) is 30.3 Å². The van der Waals surface area contributed by atoms with Gasteiger partial charge in [-0.1, -0.05) is 120 Å². The predicted octanol–water partition coefficient (Wildman–Crippen LogP) is 10.5. The van der Waals surface area contributed by atoms with Crippen molar-refractivity contribution in [3.8, 4) is 39.5 Å². The van der Waals surface area contributed by atoms with Crippen molar-refractivity contribution >= 4 is 70.2 Å². The van der Waals surface area contributed by atoms with Crippen molar-refractivity contribution in [3.05, 3.63) is 167 Å². The molecule has 0 unspecified atom stereocenters. The predicted molar refractivity (Wildman–Crippen MR) is 253 cm³/mol. The van der Waals surface area contributed by atoms with Crippen LogP contribution in [0, 0.1) is 0 Å². The van der Waals surface area contributed by atoms with Crippen LogP contribution in [-0.4, -0.2) is 49.5 Å². The number of alkyl carbamates (subject to hydrolysis) is 1. The average Bonchev–Trinajstić information content (AvgIpc) is 3.21. The largest absolute Gasteiger partial charge is 0.508 e. The maximum absolute atomic E-state index is 11.6. The first-order valence-electron chi connectivity index (χ1n) is 18.5. The van der Waals surface area contributed by atoms with Crippen molar-refractivity contribution in [2.75, 3.05) is 5.34 Å². The van der Waals surface area contributed by atoms with E-state index in [9.17, 15) is 15.0 Å². The highest BCUT2D eigenvalue weighted by molar-refractivity contribution is 9.10. The number of halogens is 4. The van der Waals surface area contributed by atoms with E-state index < -0.39 is 18.8 Å². The van der Waals surface area contributed by atoms with Gasteiger partial charge in [0.1, 0.15) is 22.8 Å². The van der Waals surface area contributed by atoms with E-state index in [0.717, 1.165) is 44.3 Å². The van der Waals surface area contributed by atoms with Crippen LogP contribution in [0.2, 0.25) is 0 Å². The second-order valence-electron chi connectivity index (χ2n) is 13.6. The zero-order valence-electron chi connectivity index (χ0n) is 33.9. The number of aromatic hydroxyl groups is 3. The number of amides is 1. The topological polar surface area (TPSA) is 166 Å². The van der Waals surface area contributed by atoms with Crippen LogP contribution < -0.4 is 16.5 Å². The molecular weight excluding hydrogens is 890 g/mol. The maximum Gasteiger partial charge on any atom is 0.488 e. The van der Waals surface area contributed by atoms with Gasteiger partial charge in [0.05, 0.1) is 5.34 Å². The van der Waals surface area contributed by atoms with E-state index in [-0.39, 0.29) is 35.0 Å². The molecule has 60 heavy (non-hydrogen) atoms. The number of carbonyl (C=O) groups excluding carboxylic acids is 1. The first kappa shape index (κ1) is 53.3. The summed E-state index contributed by atoms with van der Waals surface area (Å²) in [5, 5.41) is 47.8. The lowest BCUT2D eigenvalue weighted by atomic mass is 9.80. The summed E-state index contributed by atoms with van der Waals surface area (Å²) in [6.45, 7) is 8.61. The van der Waals surface area contributed by atoms with Crippen molar-refractivity contribution < 1.29 is 34.9 Å². The lowest BCUT2D eigenvalue weighted by Gasteiger charge is -2.19. The van der Waals surface area contributed by atoms with E-state index in [1.807, 2.05) is 93.6 Å². The summed E-state index contributed by atoms with van der Waals surface area (Å²) in [5.74, 6) is 0.564. The molecule has 0 spiro atoms. The minimum Gasteiger partial charge on any atom is -0.508 e. The van der Waals surface area contributed by atoms with Crippen molar-refractivity contribution in [1.82, 2.24) is 5.32 Å². The van der Waals surface area contributed by atoms with Gasteiger partial charge >= 0.3 is 13.2 Å². The average molecular weight is 943 g/mol. The van der Waals surface area contributed by atoms with Gasteiger partial charge in [-0.05, 0) is 120 Å². The molecule has 0 bridgehead atoms. The normalized spacial score (nSPS) is 9.90. The SMILES string of the molecule is CC(C)(C)OC(=O)NCc1ccc(-c2cccc(O)c2)cc1.CCc1ccc(Br)cc1.Cl.ClCCl.NCc1ccc(-c2cccc(O)c2)cc1.OB(O)c1cccc(O)c1. The number of nitrogens with two attached hydrogens (primary N) is 1. The van der Waals surface area contributed by atoms with Crippen LogP contribution in [0.4, 0.5) is 4.79 Å². The van der Waals surface area contributed by atoms with Gasteiger partial charge in [0.25, 0.3) is 0 Å². The molecule has 6 rings (SSSR count). The van der Waals surface area contributed by atoms with Crippen molar-refractivity contribution in [3.63, 3.8) is 0 Å². The zero-order valence-corrected chi connectivity index (χ0v) is 37.8. The van der Waals surface area contributed by atoms with Crippen molar-refractivity contribution in [1.29, 1.82) is 0 Å². The first-order valence-corrected chi connectivity index (χ1v) is 20.4. The van der Waals surface area contributed by atoms with Gasteiger partial charge in [-0.2, -0.15) is 0 Å². The zero-order chi connectivity index (χ0) is 43.8. The number of phenolic OH excluding ortho intramolecular Hbond substituents is 3. The summed E-state index contributed by atoms with van der Waals surface area (Å²) in [6.07, 6.45) is 0.692. The summed E-state index contributed by atoms with van der Waals surface area (Å²) < 4.78 is 6.34. The Labute approximate surface area is 378 Å². The molecule has 9 nitrogen and oxygen atoms in total. The molecule has 320 valence electrons. The molecular formula is C46H53BBrCl3N2O7. The third kappa shape index (κ3) is 22.0. The standard InChI is InChI=1S/C18H21NO3.C13H13NO.C8H9Br.C6H7BO3.CH2Cl2.ClH/c1-18(2,3)22-17(21)19-12-13-7-9-14(10-8-13)15-5-4-6-16(20)11-15;14-9-10-4-6-11(7-5-10)12-2-1-3-13(15)8-12;1-2-7-3-5-8(9)6-4-7;8-6-3-1-2-5(4-6)7(9)10;2-1-3;/h4-11,20H,12H2,1-3H3,(H,19,21);1-8,15H,9,14H2;3-6H,2H2,1H3;1-4,8-10H;1H2;1H. The molecule has 0 atom stereocenters. The molecule has 0 aliphatic carbocycles. The highest BCUT2D eigenvalue weighted by Crippen LogP contribution is 2.24. The first-order chi connectivity index (χ1) is 28.1. The Hall–Kier alpha value is -4.72. The molecule has 1 amide bonds. The molecule has 0 fully saturated rings. The number of aryl methyl sites for hydroxylation is 1. The van der Waals surface area contributed by atoms with Gasteiger partial charge in [-0.15, -0.1) is 35.6 Å². The van der Waals surface area contributed by atoms with Crippen LogP contribution >= 0.6 is 51.5 Å². The third-order valence-electron chi connectivity index (χ3n) is 7.83. The number of phenols is 3. The lowest BCUT2D eigenvalue weighted by Crippen LogP contribution is -2.32.